The van der Waals surface area contributed by atoms with E-state index in [1.165, 1.54) is 5.56 Å². The Morgan fingerprint density at radius 3 is 2.35 bits per heavy atom. The molecule has 1 heterocycles. The van der Waals surface area contributed by atoms with E-state index in [0.29, 0.717) is 12.5 Å². The van der Waals surface area contributed by atoms with Crippen molar-refractivity contribution >= 4 is 5.97 Å². The number of hydrogen-bond donors (Lipinski definition) is 2. The Bertz CT molecular complexity index is 544. The van der Waals surface area contributed by atoms with Gasteiger partial charge in [-0.05, 0) is 29.2 Å². The summed E-state index contributed by atoms with van der Waals surface area (Å²) in [6, 6.07) is 10.5. The number of aliphatic carboxylic acids is 1. The fraction of sp³-hybridized carbons (Fsp3) is 0.312. The van der Waals surface area contributed by atoms with Crippen LogP contribution >= 0.6 is 0 Å². The Morgan fingerprint density at radius 1 is 1.20 bits per heavy atom. The van der Waals surface area contributed by atoms with Gasteiger partial charge in [0.2, 0.25) is 0 Å². The second-order valence-corrected chi connectivity index (χ2v) is 5.05. The van der Waals surface area contributed by atoms with Crippen molar-refractivity contribution in [1.29, 1.82) is 0 Å². The minimum absolute atomic E-state index is 0.385. The van der Waals surface area contributed by atoms with Crippen LogP contribution in [0, 0.1) is 0 Å². The summed E-state index contributed by atoms with van der Waals surface area (Å²) in [6.45, 7) is 4.60. The molecule has 0 saturated heterocycles. The number of hydrogen-bond acceptors (Lipinski definition) is 3. The van der Waals surface area contributed by atoms with Crippen molar-refractivity contribution in [2.75, 3.05) is 0 Å². The van der Waals surface area contributed by atoms with E-state index in [-0.39, 0.29) is 0 Å². The normalized spacial score (nSPS) is 12.6. The average molecular weight is 273 g/mol. The Hall–Kier alpha value is -2.07. The van der Waals surface area contributed by atoms with Crippen LogP contribution in [0.4, 0.5) is 0 Å². The Kier molecular flexibility index (Phi) is 4.58. The van der Waals surface area contributed by atoms with E-state index < -0.39 is 12.0 Å². The Balaban J connectivity index is 2.09. The Morgan fingerprint density at radius 2 is 1.85 bits per heavy atom. The lowest BCUT2D eigenvalue weighted by Crippen LogP contribution is -2.27. The Labute approximate surface area is 118 Å². The molecule has 2 rings (SSSR count). The van der Waals surface area contributed by atoms with Crippen LogP contribution in [-0.2, 0) is 11.3 Å². The molecule has 0 aliphatic carbocycles. The molecule has 1 aromatic heterocycles. The molecule has 0 aliphatic rings. The van der Waals surface area contributed by atoms with Crippen LogP contribution in [0.2, 0.25) is 0 Å². The quantitative estimate of drug-likeness (QED) is 0.847. The van der Waals surface area contributed by atoms with E-state index in [9.17, 15) is 9.90 Å². The monoisotopic (exact) mass is 273 g/mol. The summed E-state index contributed by atoms with van der Waals surface area (Å²) in [5.74, 6) is 0.257. The predicted octanol–water partition coefficient (Wildman–Crippen LogP) is 3.32. The van der Waals surface area contributed by atoms with E-state index in [1.54, 1.807) is 12.3 Å². The van der Waals surface area contributed by atoms with Crippen LogP contribution in [0.15, 0.2) is 47.1 Å². The molecule has 0 aliphatic heterocycles. The summed E-state index contributed by atoms with van der Waals surface area (Å²) in [4.78, 5) is 11.4. The van der Waals surface area contributed by atoms with Gasteiger partial charge in [0.05, 0.1) is 12.8 Å². The van der Waals surface area contributed by atoms with E-state index in [1.807, 2.05) is 30.3 Å². The zero-order chi connectivity index (χ0) is 14.5. The second-order valence-electron chi connectivity index (χ2n) is 5.05. The molecule has 0 fully saturated rings. The number of rotatable bonds is 6. The summed E-state index contributed by atoms with van der Waals surface area (Å²) in [5.41, 5.74) is 1.94. The lowest BCUT2D eigenvalue weighted by molar-refractivity contribution is -0.139. The van der Waals surface area contributed by atoms with Gasteiger partial charge in [-0.1, -0.05) is 38.1 Å². The second kappa shape index (κ2) is 6.39. The molecule has 20 heavy (non-hydrogen) atoms. The molecule has 1 unspecified atom stereocenters. The number of carboxylic acid groups (broad SMARTS) is 1. The summed E-state index contributed by atoms with van der Waals surface area (Å²) >= 11 is 0. The molecule has 4 nitrogen and oxygen atoms in total. The summed E-state index contributed by atoms with van der Waals surface area (Å²) in [7, 11) is 0. The molecule has 2 aromatic rings. The maximum Gasteiger partial charge on any atom is 0.325 e. The molecular weight excluding hydrogens is 254 g/mol. The number of carboxylic acids is 1. The van der Waals surface area contributed by atoms with Gasteiger partial charge >= 0.3 is 5.97 Å². The number of benzene rings is 1. The first-order valence-electron chi connectivity index (χ1n) is 6.66. The molecule has 4 heteroatoms. The predicted molar refractivity (Wildman–Crippen MR) is 76.5 cm³/mol. The van der Waals surface area contributed by atoms with Crippen LogP contribution < -0.4 is 5.32 Å². The molecular formula is C16H19NO3. The van der Waals surface area contributed by atoms with Gasteiger partial charge in [-0.3, -0.25) is 10.1 Å². The summed E-state index contributed by atoms with van der Waals surface area (Å²) in [6.07, 6.45) is 1.57. The standard InChI is InChI=1S/C16H19NO3/c1-11(2)12-5-7-13(8-6-12)15(16(18)19)17-10-14-4-3-9-20-14/h3-9,11,15,17H,10H2,1-2H3,(H,18,19). The molecule has 0 amide bonds. The van der Waals surface area contributed by atoms with Crippen molar-refractivity contribution in [3.05, 3.63) is 59.5 Å². The highest BCUT2D eigenvalue weighted by molar-refractivity contribution is 5.75. The third-order valence-corrected chi connectivity index (χ3v) is 3.24. The smallest absolute Gasteiger partial charge is 0.325 e. The minimum atomic E-state index is -0.895. The zero-order valence-corrected chi connectivity index (χ0v) is 11.7. The molecule has 1 aromatic carbocycles. The largest absolute Gasteiger partial charge is 0.480 e. The van der Waals surface area contributed by atoms with E-state index in [4.69, 9.17) is 4.42 Å². The van der Waals surface area contributed by atoms with Crippen LogP contribution in [0.25, 0.3) is 0 Å². The molecule has 1 atom stereocenters. The third-order valence-electron chi connectivity index (χ3n) is 3.24. The minimum Gasteiger partial charge on any atom is -0.480 e. The van der Waals surface area contributed by atoms with Gasteiger partial charge in [0.1, 0.15) is 11.8 Å². The van der Waals surface area contributed by atoms with Gasteiger partial charge < -0.3 is 9.52 Å². The molecule has 0 radical (unpaired) electrons. The van der Waals surface area contributed by atoms with Gasteiger partial charge in [-0.2, -0.15) is 0 Å². The fourth-order valence-electron chi connectivity index (χ4n) is 2.04. The summed E-state index contributed by atoms with van der Waals surface area (Å²) in [5, 5.41) is 12.3. The van der Waals surface area contributed by atoms with Gasteiger partial charge in [0.15, 0.2) is 0 Å². The van der Waals surface area contributed by atoms with Crippen LogP contribution in [0.5, 0.6) is 0 Å². The molecule has 0 bridgehead atoms. The first-order valence-corrected chi connectivity index (χ1v) is 6.66. The average Bonchev–Trinajstić information content (AvgIpc) is 2.92. The first-order chi connectivity index (χ1) is 9.58. The number of carbonyl (C=O) groups is 1. The van der Waals surface area contributed by atoms with Gasteiger partial charge in [-0.25, -0.2) is 0 Å². The van der Waals surface area contributed by atoms with Crippen molar-refractivity contribution in [2.24, 2.45) is 0 Å². The van der Waals surface area contributed by atoms with E-state index in [0.717, 1.165) is 11.3 Å². The van der Waals surface area contributed by atoms with Gasteiger partial charge in [0, 0.05) is 0 Å². The van der Waals surface area contributed by atoms with Crippen LogP contribution in [0.3, 0.4) is 0 Å². The lowest BCUT2D eigenvalue weighted by Gasteiger charge is -2.15. The highest BCUT2D eigenvalue weighted by atomic mass is 16.4. The molecule has 106 valence electrons. The van der Waals surface area contributed by atoms with Gasteiger partial charge in [0.25, 0.3) is 0 Å². The number of furan rings is 1. The van der Waals surface area contributed by atoms with Crippen LogP contribution in [-0.4, -0.2) is 11.1 Å². The van der Waals surface area contributed by atoms with E-state index in [2.05, 4.69) is 19.2 Å². The first kappa shape index (κ1) is 14.3. The molecule has 0 spiro atoms. The highest BCUT2D eigenvalue weighted by Crippen LogP contribution is 2.19. The van der Waals surface area contributed by atoms with Crippen molar-refractivity contribution < 1.29 is 14.3 Å². The fourth-order valence-corrected chi connectivity index (χ4v) is 2.04. The lowest BCUT2D eigenvalue weighted by atomic mass is 9.99. The zero-order valence-electron chi connectivity index (χ0n) is 11.7. The maximum atomic E-state index is 11.4. The topological polar surface area (TPSA) is 62.5 Å². The highest BCUT2D eigenvalue weighted by Gasteiger charge is 2.19. The molecule has 2 N–H and O–H groups in total. The van der Waals surface area contributed by atoms with Crippen LogP contribution in [0.1, 0.15) is 42.7 Å². The third kappa shape index (κ3) is 3.48. The van der Waals surface area contributed by atoms with Gasteiger partial charge in [-0.15, -0.1) is 0 Å². The summed E-state index contributed by atoms with van der Waals surface area (Å²) < 4.78 is 5.19. The van der Waals surface area contributed by atoms with Crippen molar-refractivity contribution in [2.45, 2.75) is 32.4 Å². The molecule has 0 saturated carbocycles. The number of nitrogens with one attached hydrogen (secondary N) is 1. The van der Waals surface area contributed by atoms with Crippen molar-refractivity contribution in [3.8, 4) is 0 Å². The van der Waals surface area contributed by atoms with E-state index >= 15 is 0 Å². The maximum absolute atomic E-state index is 11.4. The SMILES string of the molecule is CC(C)c1ccc(C(NCc2ccco2)C(=O)O)cc1. The van der Waals surface area contributed by atoms with Crippen molar-refractivity contribution in [3.63, 3.8) is 0 Å². The van der Waals surface area contributed by atoms with Crippen molar-refractivity contribution in [1.82, 2.24) is 5.32 Å².